The van der Waals surface area contributed by atoms with Crippen molar-refractivity contribution in [3.8, 4) is 5.75 Å². The van der Waals surface area contributed by atoms with Gasteiger partial charge in [0.25, 0.3) is 0 Å². The highest BCUT2D eigenvalue weighted by molar-refractivity contribution is 6.31. The maximum atomic E-state index is 13.8. The highest BCUT2D eigenvalue weighted by Gasteiger charge is 2.08. The molecule has 0 aliphatic carbocycles. The number of halogens is 4. The molecule has 0 fully saturated rings. The van der Waals surface area contributed by atoms with Gasteiger partial charge < -0.3 is 10.1 Å². The molecule has 1 N–H and O–H groups in total. The number of ether oxygens (including phenoxy) is 1. The molecule has 0 radical (unpaired) electrons. The Balaban J connectivity index is 1.58. The predicted molar refractivity (Wildman–Crippen MR) is 111 cm³/mol. The summed E-state index contributed by atoms with van der Waals surface area (Å²) in [6, 6.07) is 14.9. The molecule has 0 unspecified atom stereocenters. The Kier molecular flexibility index (Phi) is 6.86. The fourth-order valence-electron chi connectivity index (χ4n) is 2.45. The van der Waals surface area contributed by atoms with Crippen LogP contribution in [0, 0.1) is 11.6 Å². The van der Waals surface area contributed by atoms with Gasteiger partial charge in [0.2, 0.25) is 0 Å². The SMILES string of the molecule is O=C(/C=C/Nc1ccc(Cl)cc1F)c1ccc(OCc2c(F)cccc2Cl)cc1. The fourth-order valence-corrected chi connectivity index (χ4v) is 2.83. The molecule has 0 aromatic heterocycles. The van der Waals surface area contributed by atoms with E-state index in [1.807, 2.05) is 0 Å². The van der Waals surface area contributed by atoms with Gasteiger partial charge in [0.15, 0.2) is 5.78 Å². The average molecular weight is 434 g/mol. The van der Waals surface area contributed by atoms with Crippen LogP contribution in [-0.4, -0.2) is 5.78 Å². The number of rotatable bonds is 7. The maximum Gasteiger partial charge on any atom is 0.187 e. The van der Waals surface area contributed by atoms with Crippen molar-refractivity contribution >= 4 is 34.7 Å². The van der Waals surface area contributed by atoms with Gasteiger partial charge in [-0.15, -0.1) is 0 Å². The molecule has 0 amide bonds. The Labute approximate surface area is 176 Å². The van der Waals surface area contributed by atoms with Gasteiger partial charge in [-0.2, -0.15) is 0 Å². The van der Waals surface area contributed by atoms with E-state index in [1.54, 1.807) is 30.3 Å². The van der Waals surface area contributed by atoms with Crippen LogP contribution in [0.5, 0.6) is 5.75 Å². The van der Waals surface area contributed by atoms with E-state index in [2.05, 4.69) is 5.32 Å². The molecule has 29 heavy (non-hydrogen) atoms. The zero-order valence-corrected chi connectivity index (χ0v) is 16.5. The Morgan fingerprint density at radius 1 is 1.00 bits per heavy atom. The second-order valence-corrected chi connectivity index (χ2v) is 6.82. The molecular weight excluding hydrogens is 419 g/mol. The van der Waals surface area contributed by atoms with Crippen LogP contribution in [0.2, 0.25) is 10.0 Å². The summed E-state index contributed by atoms with van der Waals surface area (Å²) in [5, 5.41) is 3.26. The quantitative estimate of drug-likeness (QED) is 0.334. The van der Waals surface area contributed by atoms with Crippen LogP contribution in [0.1, 0.15) is 15.9 Å². The summed E-state index contributed by atoms with van der Waals surface area (Å²) in [7, 11) is 0. The summed E-state index contributed by atoms with van der Waals surface area (Å²) in [4.78, 5) is 12.2. The third-order valence-electron chi connectivity index (χ3n) is 3.99. The molecule has 7 heteroatoms. The van der Waals surface area contributed by atoms with E-state index in [9.17, 15) is 13.6 Å². The number of ketones is 1. The highest BCUT2D eigenvalue weighted by Crippen LogP contribution is 2.22. The number of hydrogen-bond acceptors (Lipinski definition) is 3. The first kappa shape index (κ1) is 20.8. The maximum absolute atomic E-state index is 13.8. The van der Waals surface area contributed by atoms with Gasteiger partial charge >= 0.3 is 0 Å². The summed E-state index contributed by atoms with van der Waals surface area (Å²) in [5.41, 5.74) is 0.877. The van der Waals surface area contributed by atoms with Crippen molar-refractivity contribution in [3.05, 3.63) is 106 Å². The topological polar surface area (TPSA) is 38.3 Å². The second kappa shape index (κ2) is 9.54. The largest absolute Gasteiger partial charge is 0.489 e. The third-order valence-corrected chi connectivity index (χ3v) is 4.58. The van der Waals surface area contributed by atoms with Gasteiger partial charge in [-0.05, 0) is 54.6 Å². The Hall–Kier alpha value is -2.89. The molecule has 0 aliphatic rings. The number of nitrogens with one attached hydrogen (secondary N) is 1. The van der Waals surface area contributed by atoms with Crippen molar-refractivity contribution in [3.63, 3.8) is 0 Å². The van der Waals surface area contributed by atoms with E-state index < -0.39 is 11.6 Å². The lowest BCUT2D eigenvalue weighted by Gasteiger charge is -2.09. The first-order valence-electron chi connectivity index (χ1n) is 8.52. The summed E-state index contributed by atoms with van der Waals surface area (Å²) < 4.78 is 33.0. The molecule has 3 nitrogen and oxygen atoms in total. The third kappa shape index (κ3) is 5.56. The zero-order valence-electron chi connectivity index (χ0n) is 15.0. The van der Waals surface area contributed by atoms with Gasteiger partial charge in [0.1, 0.15) is 24.0 Å². The Morgan fingerprint density at radius 2 is 1.76 bits per heavy atom. The molecule has 0 saturated heterocycles. The monoisotopic (exact) mass is 433 g/mol. The minimum Gasteiger partial charge on any atom is -0.489 e. The van der Waals surface area contributed by atoms with E-state index in [4.69, 9.17) is 27.9 Å². The standard InChI is InChI=1S/C22H15Cl2F2NO2/c23-15-6-9-21(20(26)12-15)27-11-10-22(28)14-4-7-16(8-5-14)29-13-17-18(24)2-1-3-19(17)25/h1-12,27H,13H2/b11-10+. The van der Waals surface area contributed by atoms with E-state index in [1.165, 1.54) is 42.6 Å². The average Bonchev–Trinajstić information content (AvgIpc) is 2.69. The van der Waals surface area contributed by atoms with Crippen molar-refractivity contribution < 1.29 is 18.3 Å². The molecule has 0 spiro atoms. The van der Waals surface area contributed by atoms with Crippen LogP contribution in [0.3, 0.4) is 0 Å². The van der Waals surface area contributed by atoms with Gasteiger partial charge in [-0.25, -0.2) is 8.78 Å². The zero-order chi connectivity index (χ0) is 20.8. The van der Waals surface area contributed by atoms with Crippen molar-refractivity contribution in [2.75, 3.05) is 5.32 Å². The molecule has 0 aliphatic heterocycles. The Morgan fingerprint density at radius 3 is 2.45 bits per heavy atom. The molecule has 0 atom stereocenters. The number of carbonyl (C=O) groups excluding carboxylic acids is 1. The smallest absolute Gasteiger partial charge is 0.187 e. The first-order valence-corrected chi connectivity index (χ1v) is 9.28. The van der Waals surface area contributed by atoms with Gasteiger partial charge in [-0.1, -0.05) is 29.3 Å². The van der Waals surface area contributed by atoms with E-state index in [0.717, 1.165) is 0 Å². The van der Waals surface area contributed by atoms with Crippen LogP contribution in [0.4, 0.5) is 14.5 Å². The molecular formula is C22H15Cl2F2NO2. The lowest BCUT2D eigenvalue weighted by molar-refractivity contribution is 0.104. The molecule has 0 heterocycles. The minimum atomic E-state index is -0.522. The lowest BCUT2D eigenvalue weighted by Crippen LogP contribution is -2.00. The highest BCUT2D eigenvalue weighted by atomic mass is 35.5. The van der Waals surface area contributed by atoms with Crippen molar-refractivity contribution in [2.45, 2.75) is 6.61 Å². The lowest BCUT2D eigenvalue weighted by atomic mass is 10.1. The van der Waals surface area contributed by atoms with Crippen molar-refractivity contribution in [1.29, 1.82) is 0 Å². The normalized spacial score (nSPS) is 10.9. The van der Waals surface area contributed by atoms with Crippen molar-refractivity contribution in [2.24, 2.45) is 0 Å². The van der Waals surface area contributed by atoms with Crippen LogP contribution >= 0.6 is 23.2 Å². The van der Waals surface area contributed by atoms with E-state index in [0.29, 0.717) is 11.3 Å². The van der Waals surface area contributed by atoms with Gasteiger partial charge in [-0.3, -0.25) is 4.79 Å². The molecule has 3 rings (SSSR count). The summed E-state index contributed by atoms with van der Waals surface area (Å²) in [6.07, 6.45) is 2.63. The van der Waals surface area contributed by atoms with E-state index in [-0.39, 0.29) is 33.7 Å². The summed E-state index contributed by atoms with van der Waals surface area (Å²) in [6.45, 7) is -0.0325. The summed E-state index contributed by atoms with van der Waals surface area (Å²) in [5.74, 6) is -0.785. The van der Waals surface area contributed by atoms with Crippen LogP contribution in [0.25, 0.3) is 0 Å². The Bertz CT molecular complexity index is 1030. The van der Waals surface area contributed by atoms with Crippen LogP contribution in [-0.2, 0) is 6.61 Å². The number of carbonyl (C=O) groups is 1. The van der Waals surface area contributed by atoms with Gasteiger partial charge in [0, 0.05) is 28.4 Å². The van der Waals surface area contributed by atoms with Crippen LogP contribution in [0.15, 0.2) is 72.9 Å². The first-order chi connectivity index (χ1) is 13.9. The molecule has 3 aromatic carbocycles. The van der Waals surface area contributed by atoms with E-state index >= 15 is 0 Å². The van der Waals surface area contributed by atoms with Crippen LogP contribution < -0.4 is 10.1 Å². The van der Waals surface area contributed by atoms with Crippen molar-refractivity contribution in [1.82, 2.24) is 0 Å². The summed E-state index contributed by atoms with van der Waals surface area (Å²) >= 11 is 11.7. The molecule has 0 saturated carbocycles. The number of benzene rings is 3. The molecule has 148 valence electrons. The van der Waals surface area contributed by atoms with Gasteiger partial charge in [0.05, 0.1) is 10.7 Å². The number of hydrogen-bond donors (Lipinski definition) is 1. The second-order valence-electron chi connectivity index (χ2n) is 5.98. The molecule has 0 bridgehead atoms. The number of anilines is 1. The molecule has 3 aromatic rings. The fraction of sp³-hybridized carbons (Fsp3) is 0.0455. The minimum absolute atomic E-state index is 0.0325. The predicted octanol–water partition coefficient (Wildman–Crippen LogP) is 6.66. The number of allylic oxidation sites excluding steroid dienone is 1.